The van der Waals surface area contributed by atoms with E-state index in [2.05, 4.69) is 10.3 Å². The number of fused-ring (bicyclic) bond motifs is 1. The SMILES string of the molecule is Cc1ccc(C(=O)CNc2ccc(-c3nc4ccccc4o3)cc2)cc1. The van der Waals surface area contributed by atoms with E-state index in [4.69, 9.17) is 4.42 Å². The Hall–Kier alpha value is -3.40. The van der Waals surface area contributed by atoms with Crippen molar-refractivity contribution in [1.82, 2.24) is 4.98 Å². The first-order valence-electron chi connectivity index (χ1n) is 8.49. The summed E-state index contributed by atoms with van der Waals surface area (Å²) in [5.41, 5.74) is 5.25. The number of hydrogen-bond donors (Lipinski definition) is 1. The van der Waals surface area contributed by atoms with Crippen LogP contribution in [0.15, 0.2) is 77.2 Å². The molecule has 1 aromatic heterocycles. The van der Waals surface area contributed by atoms with Gasteiger partial charge < -0.3 is 9.73 Å². The Labute approximate surface area is 151 Å². The molecule has 4 nitrogen and oxygen atoms in total. The molecule has 0 saturated heterocycles. The average molecular weight is 342 g/mol. The number of ketones is 1. The number of hydrogen-bond acceptors (Lipinski definition) is 4. The number of oxazole rings is 1. The fourth-order valence-corrected chi connectivity index (χ4v) is 2.75. The third-order valence-electron chi connectivity index (χ3n) is 4.25. The number of nitrogens with zero attached hydrogens (tertiary/aromatic N) is 1. The molecular weight excluding hydrogens is 324 g/mol. The van der Waals surface area contributed by atoms with Crippen LogP contribution in [-0.2, 0) is 0 Å². The van der Waals surface area contributed by atoms with Crippen LogP contribution in [0.2, 0.25) is 0 Å². The summed E-state index contributed by atoms with van der Waals surface area (Å²) in [6, 6.07) is 23.0. The Bertz CT molecular complexity index is 1010. The van der Waals surface area contributed by atoms with Crippen molar-refractivity contribution >= 4 is 22.6 Å². The van der Waals surface area contributed by atoms with E-state index >= 15 is 0 Å². The lowest BCUT2D eigenvalue weighted by Gasteiger charge is -2.06. The van der Waals surface area contributed by atoms with Crippen molar-refractivity contribution in [2.24, 2.45) is 0 Å². The van der Waals surface area contributed by atoms with E-state index < -0.39 is 0 Å². The van der Waals surface area contributed by atoms with Gasteiger partial charge >= 0.3 is 0 Å². The highest BCUT2D eigenvalue weighted by Gasteiger charge is 2.08. The second-order valence-electron chi connectivity index (χ2n) is 6.21. The molecule has 3 aromatic carbocycles. The quantitative estimate of drug-likeness (QED) is 0.513. The van der Waals surface area contributed by atoms with Crippen LogP contribution in [0.25, 0.3) is 22.6 Å². The molecule has 0 aliphatic rings. The molecule has 0 radical (unpaired) electrons. The molecule has 128 valence electrons. The largest absolute Gasteiger partial charge is 0.436 e. The normalized spacial score (nSPS) is 10.8. The minimum atomic E-state index is 0.0630. The molecule has 4 rings (SSSR count). The standard InChI is InChI=1S/C22H18N2O2/c1-15-6-8-16(9-7-15)20(25)14-23-18-12-10-17(11-13-18)22-24-19-4-2-3-5-21(19)26-22/h2-13,23H,14H2,1H3. The predicted molar refractivity (Wildman–Crippen MR) is 103 cm³/mol. The van der Waals surface area contributed by atoms with E-state index in [9.17, 15) is 4.79 Å². The first kappa shape index (κ1) is 16.1. The van der Waals surface area contributed by atoms with Crippen molar-refractivity contribution in [2.75, 3.05) is 11.9 Å². The molecule has 0 aliphatic carbocycles. The number of Topliss-reactive ketones (excluding diaryl/α,β-unsaturated/α-hetero) is 1. The highest BCUT2D eigenvalue weighted by atomic mass is 16.3. The Kier molecular flexibility index (Phi) is 4.23. The Morgan fingerprint density at radius 3 is 2.42 bits per heavy atom. The second kappa shape index (κ2) is 6.84. The Morgan fingerprint density at radius 1 is 0.962 bits per heavy atom. The van der Waals surface area contributed by atoms with Crippen molar-refractivity contribution in [1.29, 1.82) is 0 Å². The van der Waals surface area contributed by atoms with Crippen LogP contribution in [-0.4, -0.2) is 17.3 Å². The summed E-state index contributed by atoms with van der Waals surface area (Å²) in [5.74, 6) is 0.654. The van der Waals surface area contributed by atoms with Gasteiger partial charge in [-0.3, -0.25) is 4.79 Å². The van der Waals surface area contributed by atoms with Crippen molar-refractivity contribution in [3.63, 3.8) is 0 Å². The summed E-state index contributed by atoms with van der Waals surface area (Å²) >= 11 is 0. The molecule has 26 heavy (non-hydrogen) atoms. The fourth-order valence-electron chi connectivity index (χ4n) is 2.75. The molecule has 0 spiro atoms. The molecule has 0 amide bonds. The number of aryl methyl sites for hydroxylation is 1. The zero-order valence-corrected chi connectivity index (χ0v) is 14.4. The van der Waals surface area contributed by atoms with Gasteiger partial charge in [0.25, 0.3) is 0 Å². The van der Waals surface area contributed by atoms with Crippen LogP contribution in [0.4, 0.5) is 5.69 Å². The first-order chi connectivity index (χ1) is 12.7. The fraction of sp³-hybridized carbons (Fsp3) is 0.0909. The van der Waals surface area contributed by atoms with Gasteiger partial charge in [-0.15, -0.1) is 0 Å². The zero-order valence-electron chi connectivity index (χ0n) is 14.4. The van der Waals surface area contributed by atoms with Gasteiger partial charge in [-0.1, -0.05) is 42.0 Å². The maximum absolute atomic E-state index is 12.2. The van der Waals surface area contributed by atoms with E-state index in [1.807, 2.05) is 79.7 Å². The van der Waals surface area contributed by atoms with Crippen LogP contribution in [0.5, 0.6) is 0 Å². The molecule has 0 unspecified atom stereocenters. The number of anilines is 1. The van der Waals surface area contributed by atoms with Crippen LogP contribution in [0.1, 0.15) is 15.9 Å². The lowest BCUT2D eigenvalue weighted by Crippen LogP contribution is -2.13. The number of carbonyl (C=O) groups excluding carboxylic acids is 1. The number of carbonyl (C=O) groups is 1. The van der Waals surface area contributed by atoms with Crippen LogP contribution in [0, 0.1) is 6.92 Å². The third kappa shape index (κ3) is 3.35. The van der Waals surface area contributed by atoms with Crippen LogP contribution in [0.3, 0.4) is 0 Å². The van der Waals surface area contributed by atoms with Crippen LogP contribution < -0.4 is 5.32 Å². The van der Waals surface area contributed by atoms with Crippen LogP contribution >= 0.6 is 0 Å². The second-order valence-corrected chi connectivity index (χ2v) is 6.21. The summed E-state index contributed by atoms with van der Waals surface area (Å²) in [6.07, 6.45) is 0. The molecule has 0 bridgehead atoms. The number of rotatable bonds is 5. The minimum Gasteiger partial charge on any atom is -0.436 e. The number of benzene rings is 3. The monoisotopic (exact) mass is 342 g/mol. The highest BCUT2D eigenvalue weighted by Crippen LogP contribution is 2.25. The van der Waals surface area contributed by atoms with E-state index in [1.165, 1.54) is 0 Å². The smallest absolute Gasteiger partial charge is 0.227 e. The maximum atomic E-state index is 12.2. The summed E-state index contributed by atoms with van der Waals surface area (Å²) in [5, 5.41) is 3.16. The van der Waals surface area contributed by atoms with E-state index in [-0.39, 0.29) is 12.3 Å². The van der Waals surface area contributed by atoms with Crippen molar-refractivity contribution in [3.05, 3.63) is 83.9 Å². The van der Waals surface area contributed by atoms with E-state index in [1.54, 1.807) is 0 Å². The van der Waals surface area contributed by atoms with Crippen molar-refractivity contribution < 1.29 is 9.21 Å². The predicted octanol–water partition coefficient (Wildman–Crippen LogP) is 5.10. The molecule has 4 heteroatoms. The summed E-state index contributed by atoms with van der Waals surface area (Å²) < 4.78 is 5.77. The first-order valence-corrected chi connectivity index (χ1v) is 8.49. The van der Waals surface area contributed by atoms with Gasteiger partial charge in [-0.25, -0.2) is 4.98 Å². The Balaban J connectivity index is 1.44. The van der Waals surface area contributed by atoms with Gasteiger partial charge in [-0.2, -0.15) is 0 Å². The number of aromatic nitrogens is 1. The molecular formula is C22H18N2O2. The van der Waals surface area contributed by atoms with Crippen molar-refractivity contribution in [3.8, 4) is 11.5 Å². The van der Waals surface area contributed by atoms with Gasteiger partial charge in [-0.05, 0) is 43.3 Å². The number of para-hydroxylation sites is 2. The minimum absolute atomic E-state index is 0.0630. The molecule has 1 heterocycles. The Morgan fingerprint density at radius 2 is 1.69 bits per heavy atom. The van der Waals surface area contributed by atoms with E-state index in [0.717, 1.165) is 27.9 Å². The maximum Gasteiger partial charge on any atom is 0.227 e. The molecule has 1 N–H and O–H groups in total. The van der Waals surface area contributed by atoms with Gasteiger partial charge in [0, 0.05) is 16.8 Å². The molecule has 0 saturated carbocycles. The van der Waals surface area contributed by atoms with Gasteiger partial charge in [0.05, 0.1) is 6.54 Å². The van der Waals surface area contributed by atoms with Gasteiger partial charge in [0.15, 0.2) is 11.4 Å². The molecule has 0 atom stereocenters. The van der Waals surface area contributed by atoms with Crippen molar-refractivity contribution in [2.45, 2.75) is 6.92 Å². The van der Waals surface area contributed by atoms with Gasteiger partial charge in [0.1, 0.15) is 5.52 Å². The summed E-state index contributed by atoms with van der Waals surface area (Å²) in [7, 11) is 0. The zero-order chi connectivity index (χ0) is 17.9. The topological polar surface area (TPSA) is 55.1 Å². The third-order valence-corrected chi connectivity index (χ3v) is 4.25. The summed E-state index contributed by atoms with van der Waals surface area (Å²) in [4.78, 5) is 16.7. The molecule has 4 aromatic rings. The average Bonchev–Trinajstić information content (AvgIpc) is 3.11. The number of nitrogens with one attached hydrogen (secondary N) is 1. The lowest BCUT2D eigenvalue weighted by atomic mass is 10.1. The van der Waals surface area contributed by atoms with Gasteiger partial charge in [0.2, 0.25) is 5.89 Å². The molecule has 0 fully saturated rings. The summed E-state index contributed by atoms with van der Waals surface area (Å²) in [6.45, 7) is 2.26. The molecule has 0 aliphatic heterocycles. The lowest BCUT2D eigenvalue weighted by molar-refractivity contribution is 0.101. The highest BCUT2D eigenvalue weighted by molar-refractivity contribution is 5.99. The van der Waals surface area contributed by atoms with E-state index in [0.29, 0.717) is 11.5 Å².